The van der Waals surface area contributed by atoms with Crippen LogP contribution in [0.2, 0.25) is 0 Å². The van der Waals surface area contributed by atoms with E-state index in [0.717, 1.165) is 106 Å². The van der Waals surface area contributed by atoms with Gasteiger partial charge in [0.1, 0.15) is 17.2 Å². The Hall–Kier alpha value is -11.1. The van der Waals surface area contributed by atoms with Crippen LogP contribution in [0.25, 0.3) is 39.0 Å². The molecule has 0 atom stereocenters. The number of carbonyl (C=O) groups excluding carboxylic acids is 3. The summed E-state index contributed by atoms with van der Waals surface area (Å²) in [7, 11) is 3.18. The Kier molecular flexibility index (Phi) is 19.8. The number of rotatable bonds is 15. The SMILES string of the molecule is COc1ccc(NC(=O)N2CCC(=C(c3ccccc3)c3ccc(-c4ccc(C(=C5CCN(C(=O)Nc6ccc(OC(C)C)cc6)CC5)c5ccc(-c6ccc(C(=C7CCN(C(=O)Nc8ccc(C#N)cc8)CC7)c7ccccc7)cc6)cc5)cc4)cc3)CC2)c(OC)c1. The average Bonchev–Trinajstić information content (AvgIpc) is 0.849. The van der Waals surface area contributed by atoms with Crippen LogP contribution in [0.4, 0.5) is 31.4 Å². The standard InChI is InChI=1S/C81H77N7O6/c1-55(2)94-72-37-35-71(36-38-72)84-80(90)87-49-43-69(44-50-87)78(65-29-21-59(22-30-65)57-17-25-63(26-18-57)76(61-11-7-5-8-12-61)67-41-47-86(48-42-67)79(89)83-70-33-15-56(54-82)16-34-70)66-31-23-60(24-32-66)58-19-27-64(28-20-58)77(62-13-9-6-10-14-62)68-45-51-88(52-46-68)81(91)85-74-40-39-73(92-3)53-75(74)93-4/h5-40,53,55H,41-52H2,1-4H3,(H,83,89)(H,84,90)(H,85,91). The number of carbonyl (C=O) groups is 3. The van der Waals surface area contributed by atoms with Crippen LogP contribution in [-0.2, 0) is 0 Å². The number of urea groups is 3. The summed E-state index contributed by atoms with van der Waals surface area (Å²) in [6, 6.07) is 78.2. The Morgan fingerprint density at radius 3 is 1.05 bits per heavy atom. The molecule has 94 heavy (non-hydrogen) atoms. The van der Waals surface area contributed by atoms with Crippen molar-refractivity contribution in [3.8, 4) is 45.6 Å². The van der Waals surface area contributed by atoms with Gasteiger partial charge in [0.2, 0.25) is 0 Å². The van der Waals surface area contributed by atoms with Crippen LogP contribution in [0.1, 0.15) is 91.3 Å². The summed E-state index contributed by atoms with van der Waals surface area (Å²) in [5.74, 6) is 1.96. The quantitative estimate of drug-likeness (QED) is 0.0925. The van der Waals surface area contributed by atoms with Crippen molar-refractivity contribution in [3.63, 3.8) is 0 Å². The number of hydrogen-bond acceptors (Lipinski definition) is 7. The number of nitrogens with one attached hydrogen (secondary N) is 3. The molecule has 3 N–H and O–H groups in total. The van der Waals surface area contributed by atoms with Gasteiger partial charge >= 0.3 is 18.1 Å². The molecule has 9 aromatic rings. The number of amides is 6. The normalized spacial score (nSPS) is 14.0. The van der Waals surface area contributed by atoms with Crippen molar-refractivity contribution in [1.29, 1.82) is 5.26 Å². The maximum Gasteiger partial charge on any atom is 0.321 e. The van der Waals surface area contributed by atoms with E-state index in [-0.39, 0.29) is 24.2 Å². The number of methoxy groups -OCH3 is 2. The number of nitriles is 1. The highest BCUT2D eigenvalue weighted by atomic mass is 16.5. The van der Waals surface area contributed by atoms with Gasteiger partial charge < -0.3 is 44.9 Å². The Labute approximate surface area is 551 Å². The highest BCUT2D eigenvalue weighted by Gasteiger charge is 2.27. The van der Waals surface area contributed by atoms with E-state index in [4.69, 9.17) is 14.2 Å². The number of nitrogens with zero attached hydrogens (tertiary/aromatic N) is 4. The Bertz CT molecular complexity index is 4260. The van der Waals surface area contributed by atoms with Crippen molar-refractivity contribution in [2.75, 3.05) is 69.4 Å². The van der Waals surface area contributed by atoms with Gasteiger partial charge in [-0.05, 0) is 185 Å². The molecule has 13 nitrogen and oxygen atoms in total. The summed E-state index contributed by atoms with van der Waals surface area (Å²) in [4.78, 5) is 46.3. The number of benzene rings is 9. The maximum absolute atomic E-state index is 13.8. The zero-order valence-corrected chi connectivity index (χ0v) is 53.7. The summed E-state index contributed by atoms with van der Waals surface area (Å²) >= 11 is 0. The van der Waals surface area contributed by atoms with Crippen LogP contribution < -0.4 is 30.2 Å². The highest BCUT2D eigenvalue weighted by molar-refractivity contribution is 5.93. The minimum absolute atomic E-state index is 0.0575. The number of likely N-dealkylation sites (tertiary alicyclic amines) is 3. The molecule has 3 heterocycles. The third-order valence-corrected chi connectivity index (χ3v) is 17.9. The third kappa shape index (κ3) is 14.9. The zero-order chi connectivity index (χ0) is 64.9. The molecular weight excluding hydrogens is 1170 g/mol. The Balaban J connectivity index is 0.777. The first-order valence-electron chi connectivity index (χ1n) is 32.3. The lowest BCUT2D eigenvalue weighted by Gasteiger charge is -2.30. The molecular formula is C81H77N7O6. The summed E-state index contributed by atoms with van der Waals surface area (Å²) in [5.41, 5.74) is 21.3. The molecule has 9 aromatic carbocycles. The van der Waals surface area contributed by atoms with Gasteiger partial charge in [0.05, 0.1) is 37.6 Å². The first-order chi connectivity index (χ1) is 46.0. The first kappa shape index (κ1) is 63.1. The van der Waals surface area contributed by atoms with Crippen LogP contribution in [0.15, 0.2) is 241 Å². The smallest absolute Gasteiger partial charge is 0.321 e. The predicted octanol–water partition coefficient (Wildman–Crippen LogP) is 18.1. The lowest BCUT2D eigenvalue weighted by Crippen LogP contribution is -2.39. The molecule has 0 aromatic heterocycles. The highest BCUT2D eigenvalue weighted by Crippen LogP contribution is 2.39. The molecule has 12 rings (SSSR count). The molecule has 0 saturated carbocycles. The van der Waals surface area contributed by atoms with Crippen molar-refractivity contribution in [1.82, 2.24) is 14.7 Å². The molecule has 3 aliphatic rings. The van der Waals surface area contributed by atoms with Crippen molar-refractivity contribution < 1.29 is 28.6 Å². The molecule has 472 valence electrons. The fourth-order valence-corrected chi connectivity index (χ4v) is 13.0. The summed E-state index contributed by atoms with van der Waals surface area (Å²) < 4.78 is 16.7. The van der Waals surface area contributed by atoms with Gasteiger partial charge in [-0.2, -0.15) is 5.26 Å². The van der Waals surface area contributed by atoms with E-state index < -0.39 is 0 Å². The minimum Gasteiger partial charge on any atom is -0.497 e. The Morgan fingerprint density at radius 2 is 0.723 bits per heavy atom. The van der Waals surface area contributed by atoms with E-state index in [1.165, 1.54) is 33.4 Å². The lowest BCUT2D eigenvalue weighted by atomic mass is 9.86. The van der Waals surface area contributed by atoms with Crippen LogP contribution in [0.3, 0.4) is 0 Å². The van der Waals surface area contributed by atoms with Crippen LogP contribution >= 0.6 is 0 Å². The molecule has 0 radical (unpaired) electrons. The number of hydrogen-bond donors (Lipinski definition) is 3. The molecule has 13 heteroatoms. The van der Waals surface area contributed by atoms with E-state index in [9.17, 15) is 19.6 Å². The van der Waals surface area contributed by atoms with Gasteiger partial charge in [0.15, 0.2) is 0 Å². The fourth-order valence-electron chi connectivity index (χ4n) is 13.0. The van der Waals surface area contributed by atoms with Crippen molar-refractivity contribution in [3.05, 3.63) is 280 Å². The molecule has 0 aliphatic carbocycles. The average molecular weight is 1240 g/mol. The first-order valence-corrected chi connectivity index (χ1v) is 32.3. The van der Waals surface area contributed by atoms with Gasteiger partial charge in [-0.25, -0.2) is 14.4 Å². The third-order valence-electron chi connectivity index (χ3n) is 17.9. The second-order valence-electron chi connectivity index (χ2n) is 24.2. The van der Waals surface area contributed by atoms with Crippen LogP contribution in [0, 0.1) is 11.3 Å². The Morgan fingerprint density at radius 1 is 0.394 bits per heavy atom. The predicted molar refractivity (Wildman–Crippen MR) is 377 cm³/mol. The van der Waals surface area contributed by atoms with Crippen molar-refractivity contribution in [2.45, 2.75) is 58.5 Å². The zero-order valence-electron chi connectivity index (χ0n) is 53.7. The van der Waals surface area contributed by atoms with E-state index in [2.05, 4.69) is 168 Å². The molecule has 3 aliphatic heterocycles. The topological polar surface area (TPSA) is 148 Å². The monoisotopic (exact) mass is 1240 g/mol. The van der Waals surface area contributed by atoms with Gasteiger partial charge in [0, 0.05) is 56.7 Å². The minimum atomic E-state index is -0.162. The second-order valence-corrected chi connectivity index (χ2v) is 24.2. The van der Waals surface area contributed by atoms with E-state index in [0.29, 0.717) is 67.7 Å². The number of anilines is 3. The summed E-state index contributed by atoms with van der Waals surface area (Å²) in [6.45, 7) is 7.51. The van der Waals surface area contributed by atoms with Crippen LogP contribution in [0.5, 0.6) is 17.2 Å². The molecule has 0 spiro atoms. The fraction of sp³-hybridized carbons (Fsp3) is 0.210. The molecule has 0 unspecified atom stereocenters. The van der Waals surface area contributed by atoms with E-state index in [1.807, 2.05) is 71.0 Å². The number of piperidine rings is 3. The van der Waals surface area contributed by atoms with Gasteiger partial charge in [-0.3, -0.25) is 0 Å². The molecule has 0 bridgehead atoms. The summed E-state index contributed by atoms with van der Waals surface area (Å²) in [5, 5.41) is 18.4. The van der Waals surface area contributed by atoms with Crippen LogP contribution in [-0.4, -0.2) is 92.4 Å². The van der Waals surface area contributed by atoms with E-state index in [1.54, 1.807) is 50.6 Å². The van der Waals surface area contributed by atoms with E-state index >= 15 is 0 Å². The van der Waals surface area contributed by atoms with Crippen molar-refractivity contribution in [2.24, 2.45) is 0 Å². The molecule has 3 fully saturated rings. The summed E-state index contributed by atoms with van der Waals surface area (Å²) in [6.07, 6.45) is 4.50. The molecule has 6 amide bonds. The van der Waals surface area contributed by atoms with Gasteiger partial charge in [0.25, 0.3) is 0 Å². The molecule has 3 saturated heterocycles. The van der Waals surface area contributed by atoms with Gasteiger partial charge in [-0.15, -0.1) is 0 Å². The largest absolute Gasteiger partial charge is 0.497 e. The van der Waals surface area contributed by atoms with Gasteiger partial charge in [-0.1, -0.05) is 174 Å². The second kappa shape index (κ2) is 29.5. The number of ether oxygens (including phenoxy) is 3. The lowest BCUT2D eigenvalue weighted by molar-refractivity contribution is 0.207. The maximum atomic E-state index is 13.8. The van der Waals surface area contributed by atoms with Crippen molar-refractivity contribution >= 4 is 51.9 Å².